The van der Waals surface area contributed by atoms with Crippen molar-refractivity contribution in [1.29, 1.82) is 0 Å². The maximum Gasteiger partial charge on any atom is 0.119 e. The summed E-state index contributed by atoms with van der Waals surface area (Å²) in [6, 6.07) is 21.9. The van der Waals surface area contributed by atoms with Crippen LogP contribution >= 0.6 is 0 Å². The zero-order valence-electron chi connectivity index (χ0n) is 21.9. The van der Waals surface area contributed by atoms with E-state index in [0.717, 1.165) is 55.9 Å². The van der Waals surface area contributed by atoms with E-state index in [1.54, 1.807) is 7.11 Å². The minimum Gasteiger partial charge on any atom is -0.497 e. The first-order valence-corrected chi connectivity index (χ1v) is 13.3. The molecule has 2 heterocycles. The van der Waals surface area contributed by atoms with E-state index in [4.69, 9.17) is 9.84 Å². The third kappa shape index (κ3) is 4.36. The van der Waals surface area contributed by atoms with Gasteiger partial charge in [-0.05, 0) is 77.8 Å². The fourth-order valence-corrected chi connectivity index (χ4v) is 6.09. The van der Waals surface area contributed by atoms with Gasteiger partial charge in [-0.2, -0.15) is 5.10 Å². The molecule has 0 spiro atoms. The molecule has 0 N–H and O–H groups in total. The van der Waals surface area contributed by atoms with Crippen molar-refractivity contribution in [1.82, 2.24) is 14.7 Å². The van der Waals surface area contributed by atoms with Gasteiger partial charge in [-0.25, -0.2) is 0 Å². The van der Waals surface area contributed by atoms with Gasteiger partial charge < -0.3 is 4.74 Å². The number of alkyl halides is 1. The summed E-state index contributed by atoms with van der Waals surface area (Å²) in [5.74, 6) is 1.10. The molecule has 1 aliphatic heterocycles. The number of likely N-dealkylation sites (tertiary alicyclic amines) is 1. The first-order valence-electron chi connectivity index (χ1n) is 13.3. The molecule has 0 radical (unpaired) electrons. The summed E-state index contributed by atoms with van der Waals surface area (Å²) in [5, 5.41) is 6.31. The molecule has 5 heteroatoms. The lowest BCUT2D eigenvalue weighted by Crippen LogP contribution is -2.46. The number of halogens is 1. The Hall–Kier alpha value is -3.44. The Labute approximate surface area is 218 Å². The van der Waals surface area contributed by atoms with Gasteiger partial charge in [-0.3, -0.25) is 14.0 Å². The zero-order chi connectivity index (χ0) is 25.5. The van der Waals surface area contributed by atoms with E-state index in [9.17, 15) is 4.39 Å². The molecule has 1 aliphatic carbocycles. The number of methoxy groups -OCH3 is 1. The van der Waals surface area contributed by atoms with Gasteiger partial charge in [0.15, 0.2) is 0 Å². The molecular weight excluding hydrogens is 461 g/mol. The summed E-state index contributed by atoms with van der Waals surface area (Å²) in [7, 11) is 3.77. The van der Waals surface area contributed by atoms with Crippen LogP contribution in [0.1, 0.15) is 46.4 Å². The van der Waals surface area contributed by atoms with Crippen LogP contribution in [-0.2, 0) is 20.0 Å². The Morgan fingerprint density at radius 1 is 1.00 bits per heavy atom. The molecule has 0 saturated carbocycles. The number of benzene rings is 3. The van der Waals surface area contributed by atoms with Crippen molar-refractivity contribution in [2.45, 2.75) is 32.7 Å². The van der Waals surface area contributed by atoms with Crippen LogP contribution in [0.4, 0.5) is 4.39 Å². The fraction of sp³-hybridized carbons (Fsp3) is 0.344. The van der Waals surface area contributed by atoms with Gasteiger partial charge in [-0.1, -0.05) is 42.5 Å². The Morgan fingerprint density at radius 3 is 2.62 bits per heavy atom. The Kier molecular flexibility index (Phi) is 6.33. The molecule has 0 bridgehead atoms. The van der Waals surface area contributed by atoms with Crippen molar-refractivity contribution in [2.75, 3.05) is 26.9 Å². The van der Waals surface area contributed by atoms with E-state index in [1.807, 2.05) is 11.7 Å². The molecular formula is C32H34FN3O. The van der Waals surface area contributed by atoms with Crippen molar-refractivity contribution >= 4 is 22.0 Å². The van der Waals surface area contributed by atoms with Crippen molar-refractivity contribution in [2.24, 2.45) is 13.0 Å². The van der Waals surface area contributed by atoms with E-state index in [2.05, 4.69) is 72.5 Å². The first-order chi connectivity index (χ1) is 18.1. The van der Waals surface area contributed by atoms with Gasteiger partial charge in [0.05, 0.1) is 19.3 Å². The van der Waals surface area contributed by atoms with Crippen molar-refractivity contribution in [3.05, 3.63) is 94.2 Å². The highest BCUT2D eigenvalue weighted by Gasteiger charge is 2.27. The van der Waals surface area contributed by atoms with Gasteiger partial charge in [0, 0.05) is 43.6 Å². The SMILES string of the molecule is COc1ccc2c(c1)CCCC(c1ccccc1C)=C2c1nn(C)c2cc(CN3CC(CF)C3)ccc12. The monoisotopic (exact) mass is 495 g/mol. The van der Waals surface area contributed by atoms with Gasteiger partial charge in [0.25, 0.3) is 0 Å². The average molecular weight is 496 g/mol. The van der Waals surface area contributed by atoms with Gasteiger partial charge >= 0.3 is 0 Å². The second-order valence-corrected chi connectivity index (χ2v) is 10.6. The Bertz CT molecular complexity index is 1500. The number of hydrogen-bond donors (Lipinski definition) is 0. The van der Waals surface area contributed by atoms with E-state index in [1.165, 1.54) is 44.3 Å². The standard InChI is InChI=1S/C32H34FN3O/c1-21-7-4-5-9-26(21)28-10-6-8-24-16-25(37-3)12-14-27(24)31(28)32-29-13-11-22(15-30(29)35(2)34-32)18-36-19-23(17-33)20-36/h4-5,7,9,11-16,23H,6,8,10,17-20H2,1-3H3. The lowest BCUT2D eigenvalue weighted by molar-refractivity contribution is 0.0738. The lowest BCUT2D eigenvalue weighted by Gasteiger charge is -2.37. The molecule has 1 fully saturated rings. The number of hydrogen-bond acceptors (Lipinski definition) is 3. The quantitative estimate of drug-likeness (QED) is 0.302. The summed E-state index contributed by atoms with van der Waals surface area (Å²) in [6.07, 6.45) is 3.09. The molecule has 0 amide bonds. The molecule has 0 atom stereocenters. The molecule has 1 aromatic heterocycles. The zero-order valence-corrected chi connectivity index (χ0v) is 21.9. The van der Waals surface area contributed by atoms with Crippen LogP contribution in [0.15, 0.2) is 60.7 Å². The maximum absolute atomic E-state index is 12.9. The summed E-state index contributed by atoms with van der Waals surface area (Å²) in [5.41, 5.74) is 11.2. The van der Waals surface area contributed by atoms with Crippen LogP contribution < -0.4 is 4.74 Å². The minimum atomic E-state index is -0.216. The third-order valence-corrected chi connectivity index (χ3v) is 8.04. The molecule has 37 heavy (non-hydrogen) atoms. The topological polar surface area (TPSA) is 30.3 Å². The van der Waals surface area contributed by atoms with Crippen LogP contribution in [0.3, 0.4) is 0 Å². The van der Waals surface area contributed by atoms with Gasteiger partial charge in [0.1, 0.15) is 11.4 Å². The van der Waals surface area contributed by atoms with Crippen LogP contribution in [0.25, 0.3) is 22.0 Å². The molecule has 0 unspecified atom stereocenters. The highest BCUT2D eigenvalue weighted by molar-refractivity contribution is 6.06. The molecule has 4 aromatic rings. The highest BCUT2D eigenvalue weighted by atomic mass is 19.1. The second-order valence-electron chi connectivity index (χ2n) is 10.6. The minimum absolute atomic E-state index is 0.202. The molecule has 4 nitrogen and oxygen atoms in total. The molecule has 2 aliphatic rings. The van der Waals surface area contributed by atoms with E-state index < -0.39 is 0 Å². The van der Waals surface area contributed by atoms with Crippen LogP contribution in [-0.4, -0.2) is 41.6 Å². The fourth-order valence-electron chi connectivity index (χ4n) is 6.09. The lowest BCUT2D eigenvalue weighted by atomic mass is 9.87. The predicted octanol–water partition coefficient (Wildman–Crippen LogP) is 6.59. The average Bonchev–Trinajstić information content (AvgIpc) is 3.09. The largest absolute Gasteiger partial charge is 0.497 e. The Balaban J connectivity index is 1.51. The first kappa shape index (κ1) is 23.9. The number of rotatable bonds is 6. The normalized spacial score (nSPS) is 16.5. The molecule has 6 rings (SSSR count). The number of nitrogens with zero attached hydrogens (tertiary/aromatic N) is 3. The van der Waals surface area contributed by atoms with Crippen LogP contribution in [0.2, 0.25) is 0 Å². The summed E-state index contributed by atoms with van der Waals surface area (Å²) in [6.45, 7) is 4.53. The molecule has 190 valence electrons. The van der Waals surface area contributed by atoms with Crippen molar-refractivity contribution < 1.29 is 9.13 Å². The molecule has 3 aromatic carbocycles. The van der Waals surface area contributed by atoms with Gasteiger partial charge in [-0.15, -0.1) is 0 Å². The van der Waals surface area contributed by atoms with Crippen molar-refractivity contribution in [3.8, 4) is 5.75 Å². The number of ether oxygens (including phenoxy) is 1. The van der Waals surface area contributed by atoms with E-state index in [-0.39, 0.29) is 12.6 Å². The number of fused-ring (bicyclic) bond motifs is 2. The molecule has 1 saturated heterocycles. The van der Waals surface area contributed by atoms with E-state index in [0.29, 0.717) is 0 Å². The van der Waals surface area contributed by atoms with Crippen LogP contribution in [0.5, 0.6) is 5.75 Å². The van der Waals surface area contributed by atoms with Gasteiger partial charge in [0.2, 0.25) is 0 Å². The Morgan fingerprint density at radius 2 is 1.84 bits per heavy atom. The smallest absolute Gasteiger partial charge is 0.119 e. The summed E-state index contributed by atoms with van der Waals surface area (Å²) >= 11 is 0. The summed E-state index contributed by atoms with van der Waals surface area (Å²) in [4.78, 5) is 2.32. The highest BCUT2D eigenvalue weighted by Crippen LogP contribution is 2.43. The second kappa shape index (κ2) is 9.79. The predicted molar refractivity (Wildman–Crippen MR) is 148 cm³/mol. The number of aryl methyl sites for hydroxylation is 3. The van der Waals surface area contributed by atoms with Crippen LogP contribution in [0, 0.1) is 12.8 Å². The van der Waals surface area contributed by atoms with Crippen molar-refractivity contribution in [3.63, 3.8) is 0 Å². The van der Waals surface area contributed by atoms with E-state index >= 15 is 0 Å². The third-order valence-electron chi connectivity index (χ3n) is 8.04. The maximum atomic E-state index is 12.9. The number of allylic oxidation sites excluding steroid dienone is 1. The number of aromatic nitrogens is 2. The summed E-state index contributed by atoms with van der Waals surface area (Å²) < 4.78 is 20.5.